The topological polar surface area (TPSA) is 49.4 Å². The number of nitrogens with zero attached hydrogens (tertiary/aromatic N) is 1. The van der Waals surface area contributed by atoms with E-state index in [2.05, 4.69) is 5.32 Å². The largest absolute Gasteiger partial charge is 0.352 e. The zero-order valence-electron chi connectivity index (χ0n) is 12.1. The van der Waals surface area contributed by atoms with Gasteiger partial charge in [0.05, 0.1) is 0 Å². The SMILES string of the molecule is O=C(CCCCCl)NCc1ccc(N2CCCC2=O)cc1. The van der Waals surface area contributed by atoms with Crippen LogP contribution in [0.3, 0.4) is 0 Å². The highest BCUT2D eigenvalue weighted by molar-refractivity contribution is 6.17. The maximum Gasteiger partial charge on any atom is 0.227 e. The summed E-state index contributed by atoms with van der Waals surface area (Å²) in [5, 5.41) is 2.89. The number of unbranched alkanes of at least 4 members (excludes halogenated alkanes) is 1. The normalized spacial score (nSPS) is 14.5. The molecule has 0 bridgehead atoms. The lowest BCUT2D eigenvalue weighted by Crippen LogP contribution is -2.24. The van der Waals surface area contributed by atoms with Crippen LogP contribution in [0.1, 0.15) is 37.7 Å². The lowest BCUT2D eigenvalue weighted by atomic mass is 10.2. The van der Waals surface area contributed by atoms with E-state index in [1.165, 1.54) is 0 Å². The molecule has 4 nitrogen and oxygen atoms in total. The molecule has 1 N–H and O–H groups in total. The van der Waals surface area contributed by atoms with Crippen molar-refractivity contribution in [3.63, 3.8) is 0 Å². The lowest BCUT2D eigenvalue weighted by Gasteiger charge is -2.16. The molecule has 1 aromatic carbocycles. The van der Waals surface area contributed by atoms with Gasteiger partial charge < -0.3 is 10.2 Å². The van der Waals surface area contributed by atoms with Crippen molar-refractivity contribution in [3.05, 3.63) is 29.8 Å². The first kappa shape index (κ1) is 15.8. The Hall–Kier alpha value is -1.55. The summed E-state index contributed by atoms with van der Waals surface area (Å²) in [6.45, 7) is 1.32. The Labute approximate surface area is 130 Å². The first-order chi connectivity index (χ1) is 10.2. The number of carbonyl (C=O) groups excluding carboxylic acids is 2. The van der Waals surface area contributed by atoms with Gasteiger partial charge >= 0.3 is 0 Å². The molecule has 0 aliphatic carbocycles. The third-order valence-corrected chi connectivity index (χ3v) is 3.87. The maximum absolute atomic E-state index is 11.7. The molecule has 5 heteroatoms. The third-order valence-electron chi connectivity index (χ3n) is 3.60. The summed E-state index contributed by atoms with van der Waals surface area (Å²) in [4.78, 5) is 25.1. The second kappa shape index (κ2) is 8.03. The molecule has 1 aliphatic heterocycles. The van der Waals surface area contributed by atoms with E-state index >= 15 is 0 Å². The highest BCUT2D eigenvalue weighted by Gasteiger charge is 2.21. The Morgan fingerprint density at radius 1 is 1.24 bits per heavy atom. The van der Waals surface area contributed by atoms with Gasteiger partial charge in [-0.1, -0.05) is 12.1 Å². The van der Waals surface area contributed by atoms with Crippen LogP contribution in [0, 0.1) is 0 Å². The average Bonchev–Trinajstić information content (AvgIpc) is 2.92. The summed E-state index contributed by atoms with van der Waals surface area (Å²) >= 11 is 5.58. The Morgan fingerprint density at radius 3 is 2.62 bits per heavy atom. The van der Waals surface area contributed by atoms with Gasteiger partial charge in [-0.05, 0) is 37.0 Å². The van der Waals surface area contributed by atoms with Gasteiger partial charge in [-0.15, -0.1) is 11.6 Å². The second-order valence-corrected chi connectivity index (χ2v) is 5.62. The van der Waals surface area contributed by atoms with Crippen molar-refractivity contribution in [3.8, 4) is 0 Å². The molecular weight excluding hydrogens is 288 g/mol. The van der Waals surface area contributed by atoms with Crippen LogP contribution >= 0.6 is 11.6 Å². The Balaban J connectivity index is 1.80. The molecular formula is C16H21ClN2O2. The zero-order valence-corrected chi connectivity index (χ0v) is 12.9. The van der Waals surface area contributed by atoms with Crippen LogP contribution in [0.5, 0.6) is 0 Å². The van der Waals surface area contributed by atoms with Gasteiger partial charge in [-0.2, -0.15) is 0 Å². The summed E-state index contributed by atoms with van der Waals surface area (Å²) in [6, 6.07) is 7.80. The monoisotopic (exact) mass is 308 g/mol. The molecule has 1 aromatic rings. The van der Waals surface area contributed by atoms with Gasteiger partial charge in [0.1, 0.15) is 0 Å². The van der Waals surface area contributed by atoms with E-state index in [1.807, 2.05) is 29.2 Å². The van der Waals surface area contributed by atoms with Crippen LogP contribution in [-0.2, 0) is 16.1 Å². The molecule has 1 saturated heterocycles. The number of halogens is 1. The summed E-state index contributed by atoms with van der Waals surface area (Å²) < 4.78 is 0. The summed E-state index contributed by atoms with van der Waals surface area (Å²) in [7, 11) is 0. The second-order valence-electron chi connectivity index (χ2n) is 5.24. The molecule has 0 saturated carbocycles. The molecule has 2 rings (SSSR count). The van der Waals surface area contributed by atoms with E-state index in [4.69, 9.17) is 11.6 Å². The van der Waals surface area contributed by atoms with Crippen molar-refractivity contribution in [2.24, 2.45) is 0 Å². The Morgan fingerprint density at radius 2 is 2.00 bits per heavy atom. The maximum atomic E-state index is 11.7. The molecule has 1 heterocycles. The standard InChI is InChI=1S/C16H21ClN2O2/c17-10-2-1-4-15(20)18-12-13-6-8-14(9-7-13)19-11-3-5-16(19)21/h6-9H,1-5,10-12H2,(H,18,20). The number of nitrogens with one attached hydrogen (secondary N) is 1. The van der Waals surface area contributed by atoms with E-state index in [9.17, 15) is 9.59 Å². The first-order valence-corrected chi connectivity index (χ1v) is 7.96. The summed E-state index contributed by atoms with van der Waals surface area (Å²) in [5.74, 6) is 0.846. The van der Waals surface area contributed by atoms with Gasteiger partial charge in [0.2, 0.25) is 11.8 Å². The van der Waals surface area contributed by atoms with E-state index in [0.29, 0.717) is 25.3 Å². The van der Waals surface area contributed by atoms with E-state index in [1.54, 1.807) is 0 Å². The minimum Gasteiger partial charge on any atom is -0.352 e. The summed E-state index contributed by atoms with van der Waals surface area (Å²) in [5.41, 5.74) is 1.98. The van der Waals surface area contributed by atoms with Gasteiger partial charge in [0.15, 0.2) is 0 Å². The van der Waals surface area contributed by atoms with E-state index in [-0.39, 0.29) is 11.8 Å². The fraction of sp³-hybridized carbons (Fsp3) is 0.500. The number of carbonyl (C=O) groups is 2. The third kappa shape index (κ3) is 4.74. The van der Waals surface area contributed by atoms with Crippen LogP contribution in [0.2, 0.25) is 0 Å². The summed E-state index contributed by atoms with van der Waals surface area (Å²) in [6.07, 6.45) is 3.78. The minimum absolute atomic E-state index is 0.0545. The number of amides is 2. The molecule has 2 amide bonds. The van der Waals surface area contributed by atoms with Crippen molar-refractivity contribution in [1.82, 2.24) is 5.32 Å². The van der Waals surface area contributed by atoms with Gasteiger partial charge in [-0.25, -0.2) is 0 Å². The fourth-order valence-electron chi connectivity index (χ4n) is 2.38. The number of benzene rings is 1. The van der Waals surface area contributed by atoms with Gasteiger partial charge in [0.25, 0.3) is 0 Å². The van der Waals surface area contributed by atoms with Crippen molar-refractivity contribution in [1.29, 1.82) is 0 Å². The molecule has 1 fully saturated rings. The van der Waals surface area contributed by atoms with Crippen LogP contribution in [0.15, 0.2) is 24.3 Å². The lowest BCUT2D eigenvalue weighted by molar-refractivity contribution is -0.121. The molecule has 0 spiro atoms. The highest BCUT2D eigenvalue weighted by atomic mass is 35.5. The van der Waals surface area contributed by atoms with Crippen molar-refractivity contribution < 1.29 is 9.59 Å². The number of rotatable bonds is 7. The molecule has 0 atom stereocenters. The van der Waals surface area contributed by atoms with Crippen LogP contribution in [0.25, 0.3) is 0 Å². The van der Waals surface area contributed by atoms with Crippen LogP contribution in [-0.4, -0.2) is 24.2 Å². The van der Waals surface area contributed by atoms with E-state index in [0.717, 1.165) is 37.1 Å². The average molecular weight is 309 g/mol. The van der Waals surface area contributed by atoms with Crippen molar-refractivity contribution in [2.45, 2.75) is 38.6 Å². The molecule has 0 unspecified atom stereocenters. The number of hydrogen-bond acceptors (Lipinski definition) is 2. The van der Waals surface area contributed by atoms with Gasteiger partial charge in [-0.3, -0.25) is 9.59 Å². The quantitative estimate of drug-likeness (QED) is 0.622. The smallest absolute Gasteiger partial charge is 0.227 e. The predicted octanol–water partition coefficient (Wildman–Crippen LogP) is 2.84. The fourth-order valence-corrected chi connectivity index (χ4v) is 2.57. The zero-order chi connectivity index (χ0) is 15.1. The molecule has 0 radical (unpaired) electrons. The minimum atomic E-state index is 0.0545. The Kier molecular flexibility index (Phi) is 6.05. The number of anilines is 1. The van der Waals surface area contributed by atoms with Crippen molar-refractivity contribution in [2.75, 3.05) is 17.3 Å². The van der Waals surface area contributed by atoms with Gasteiger partial charge in [0, 0.05) is 37.5 Å². The predicted molar refractivity (Wildman–Crippen MR) is 84.4 cm³/mol. The molecule has 0 aromatic heterocycles. The van der Waals surface area contributed by atoms with E-state index < -0.39 is 0 Å². The molecule has 21 heavy (non-hydrogen) atoms. The molecule has 114 valence electrons. The highest BCUT2D eigenvalue weighted by Crippen LogP contribution is 2.21. The van der Waals surface area contributed by atoms with Crippen molar-refractivity contribution >= 4 is 29.1 Å². The number of hydrogen-bond donors (Lipinski definition) is 1. The number of alkyl halides is 1. The first-order valence-electron chi connectivity index (χ1n) is 7.42. The molecule has 1 aliphatic rings. The Bertz CT molecular complexity index is 488. The van der Waals surface area contributed by atoms with Crippen LogP contribution in [0.4, 0.5) is 5.69 Å². The van der Waals surface area contributed by atoms with Crippen LogP contribution < -0.4 is 10.2 Å².